The molecule has 114 valence electrons. The molecule has 0 fully saturated rings. The summed E-state index contributed by atoms with van der Waals surface area (Å²) in [5.41, 5.74) is 1.13. The highest BCUT2D eigenvalue weighted by atomic mass is 16.6. The minimum Gasteiger partial charge on any atom is -0.463 e. The van der Waals surface area contributed by atoms with Gasteiger partial charge in [-0.2, -0.15) is 0 Å². The van der Waals surface area contributed by atoms with E-state index in [2.05, 4.69) is 0 Å². The first kappa shape index (κ1) is 16.7. The average molecular weight is 282 g/mol. The summed E-state index contributed by atoms with van der Waals surface area (Å²) in [5, 5.41) is 0. The van der Waals surface area contributed by atoms with E-state index < -0.39 is 11.8 Å². The summed E-state index contributed by atoms with van der Waals surface area (Å²) in [6, 6.07) is 0. The van der Waals surface area contributed by atoms with Gasteiger partial charge >= 0.3 is 11.9 Å². The van der Waals surface area contributed by atoms with Gasteiger partial charge in [0.15, 0.2) is 0 Å². The molecule has 0 saturated carbocycles. The second kappa shape index (κ2) is 6.91. The molecule has 1 rings (SSSR count). The Bertz CT molecular complexity index is 395. The first-order valence-electron chi connectivity index (χ1n) is 7.31. The zero-order valence-corrected chi connectivity index (χ0v) is 13.3. The van der Waals surface area contributed by atoms with Gasteiger partial charge in [-0.3, -0.25) is 9.59 Å². The number of rotatable bonds is 4. The molecule has 0 radical (unpaired) electrons. The third kappa shape index (κ3) is 4.09. The number of allylic oxidation sites excluding steroid dienone is 2. The lowest BCUT2D eigenvalue weighted by atomic mass is 9.73. The van der Waals surface area contributed by atoms with E-state index in [1.807, 2.05) is 47.6 Å². The maximum absolute atomic E-state index is 12.3. The zero-order chi connectivity index (χ0) is 15.4. The first-order valence-corrected chi connectivity index (χ1v) is 7.31. The molecule has 0 aromatic rings. The van der Waals surface area contributed by atoms with Crippen LogP contribution in [0.15, 0.2) is 11.6 Å². The summed E-state index contributed by atoms with van der Waals surface area (Å²) >= 11 is 0. The Labute approximate surface area is 121 Å². The first-order chi connectivity index (χ1) is 9.23. The van der Waals surface area contributed by atoms with Gasteiger partial charge in [-0.25, -0.2) is 0 Å². The lowest BCUT2D eigenvalue weighted by molar-refractivity contribution is -0.167. The zero-order valence-electron chi connectivity index (χ0n) is 13.3. The second-order valence-electron chi connectivity index (χ2n) is 6.08. The van der Waals surface area contributed by atoms with Crippen molar-refractivity contribution in [1.82, 2.24) is 0 Å². The van der Waals surface area contributed by atoms with E-state index in [-0.39, 0.29) is 30.1 Å². The van der Waals surface area contributed by atoms with Crippen LogP contribution in [0.25, 0.3) is 0 Å². The van der Waals surface area contributed by atoms with Crippen molar-refractivity contribution < 1.29 is 19.1 Å². The Morgan fingerprint density at radius 3 is 2.10 bits per heavy atom. The van der Waals surface area contributed by atoms with Crippen molar-refractivity contribution >= 4 is 11.9 Å². The third-order valence-electron chi connectivity index (χ3n) is 3.66. The summed E-state index contributed by atoms with van der Waals surface area (Å²) in [5.74, 6) is -1.50. The van der Waals surface area contributed by atoms with Crippen LogP contribution in [-0.2, 0) is 19.1 Å². The molecular formula is C16H26O4. The predicted octanol–water partition coefficient (Wildman–Crippen LogP) is 3.11. The Hall–Kier alpha value is -1.32. The van der Waals surface area contributed by atoms with Crippen molar-refractivity contribution in [3.63, 3.8) is 0 Å². The number of carbonyl (C=O) groups is 2. The Kier molecular flexibility index (Phi) is 5.78. The fraction of sp³-hybridized carbons (Fsp3) is 0.750. The number of esters is 2. The van der Waals surface area contributed by atoms with E-state index in [4.69, 9.17) is 9.47 Å². The molecule has 0 spiro atoms. The van der Waals surface area contributed by atoms with Crippen LogP contribution in [-0.4, -0.2) is 24.1 Å². The van der Waals surface area contributed by atoms with Crippen molar-refractivity contribution in [1.29, 1.82) is 0 Å². The topological polar surface area (TPSA) is 52.6 Å². The summed E-state index contributed by atoms with van der Waals surface area (Å²) in [7, 11) is 0. The van der Waals surface area contributed by atoms with Gasteiger partial charge in [-0.05, 0) is 47.0 Å². The fourth-order valence-electron chi connectivity index (χ4n) is 2.52. The molecule has 1 aliphatic rings. The van der Waals surface area contributed by atoms with Crippen LogP contribution in [0.2, 0.25) is 0 Å². The van der Waals surface area contributed by atoms with E-state index in [1.165, 1.54) is 0 Å². The van der Waals surface area contributed by atoms with Gasteiger partial charge in [0.2, 0.25) is 0 Å². The Balaban J connectivity index is 2.95. The number of carbonyl (C=O) groups excluding carboxylic acids is 2. The van der Waals surface area contributed by atoms with Crippen LogP contribution in [0.4, 0.5) is 0 Å². The van der Waals surface area contributed by atoms with Crippen LogP contribution < -0.4 is 0 Å². The molecule has 20 heavy (non-hydrogen) atoms. The Morgan fingerprint density at radius 1 is 1.10 bits per heavy atom. The number of hydrogen-bond acceptors (Lipinski definition) is 4. The number of ether oxygens (including phenoxy) is 2. The predicted molar refractivity (Wildman–Crippen MR) is 77.0 cm³/mol. The third-order valence-corrected chi connectivity index (χ3v) is 3.66. The van der Waals surface area contributed by atoms with Crippen LogP contribution >= 0.6 is 0 Å². The van der Waals surface area contributed by atoms with Crippen LogP contribution in [0.5, 0.6) is 0 Å². The maximum Gasteiger partial charge on any atom is 0.310 e. The van der Waals surface area contributed by atoms with Gasteiger partial charge in [0.1, 0.15) is 0 Å². The monoisotopic (exact) mass is 282 g/mol. The lowest BCUT2D eigenvalue weighted by Crippen LogP contribution is -2.40. The van der Waals surface area contributed by atoms with Crippen molar-refractivity contribution in [3.05, 3.63) is 11.6 Å². The molecule has 0 aromatic carbocycles. The molecule has 3 atom stereocenters. The van der Waals surface area contributed by atoms with Gasteiger partial charge in [0.25, 0.3) is 0 Å². The normalized spacial score (nSPS) is 26.4. The second-order valence-corrected chi connectivity index (χ2v) is 6.08. The van der Waals surface area contributed by atoms with Crippen molar-refractivity contribution in [3.8, 4) is 0 Å². The summed E-state index contributed by atoms with van der Waals surface area (Å²) in [4.78, 5) is 24.5. The molecule has 1 aliphatic carbocycles. The standard InChI is InChI=1S/C16H26O4/c1-9(2)19-15(17)13-8-7-11(5)12(6)14(13)16(18)20-10(3)4/h7,9-10,12-14H,8H2,1-6H3. The smallest absolute Gasteiger partial charge is 0.310 e. The van der Waals surface area contributed by atoms with Crippen molar-refractivity contribution in [2.75, 3.05) is 0 Å². The minimum atomic E-state index is -0.450. The largest absolute Gasteiger partial charge is 0.463 e. The fourth-order valence-corrected chi connectivity index (χ4v) is 2.52. The SMILES string of the molecule is CC1=CCC(C(=O)OC(C)C)C(C(=O)OC(C)C)C1C. The van der Waals surface area contributed by atoms with E-state index in [0.717, 1.165) is 5.57 Å². The highest BCUT2D eigenvalue weighted by molar-refractivity contribution is 5.83. The molecule has 0 bridgehead atoms. The Morgan fingerprint density at radius 2 is 1.60 bits per heavy atom. The van der Waals surface area contributed by atoms with E-state index in [0.29, 0.717) is 6.42 Å². The molecule has 4 heteroatoms. The molecular weight excluding hydrogens is 256 g/mol. The molecule has 0 aromatic heterocycles. The van der Waals surface area contributed by atoms with Gasteiger partial charge in [0.05, 0.1) is 24.0 Å². The van der Waals surface area contributed by atoms with E-state index in [9.17, 15) is 9.59 Å². The average Bonchev–Trinajstić information content (AvgIpc) is 2.30. The lowest BCUT2D eigenvalue weighted by Gasteiger charge is -2.33. The minimum absolute atomic E-state index is 0.000266. The summed E-state index contributed by atoms with van der Waals surface area (Å²) in [6.45, 7) is 11.2. The van der Waals surface area contributed by atoms with Crippen LogP contribution in [0.1, 0.15) is 48.0 Å². The highest BCUT2D eigenvalue weighted by Crippen LogP contribution is 2.36. The maximum atomic E-state index is 12.3. The molecule has 0 amide bonds. The molecule has 0 heterocycles. The van der Waals surface area contributed by atoms with Gasteiger partial charge in [0, 0.05) is 0 Å². The molecule has 0 saturated heterocycles. The van der Waals surface area contributed by atoms with E-state index >= 15 is 0 Å². The highest BCUT2D eigenvalue weighted by Gasteiger charge is 2.42. The summed E-state index contributed by atoms with van der Waals surface area (Å²) < 4.78 is 10.6. The van der Waals surface area contributed by atoms with Gasteiger partial charge in [-0.1, -0.05) is 18.6 Å². The molecule has 0 aliphatic heterocycles. The van der Waals surface area contributed by atoms with Crippen LogP contribution in [0.3, 0.4) is 0 Å². The van der Waals surface area contributed by atoms with Crippen molar-refractivity contribution in [2.24, 2.45) is 17.8 Å². The van der Waals surface area contributed by atoms with Gasteiger partial charge < -0.3 is 9.47 Å². The molecule has 3 unspecified atom stereocenters. The molecule has 0 N–H and O–H groups in total. The molecule has 4 nitrogen and oxygen atoms in total. The van der Waals surface area contributed by atoms with Crippen LogP contribution in [0, 0.1) is 17.8 Å². The van der Waals surface area contributed by atoms with Crippen molar-refractivity contribution in [2.45, 2.75) is 60.2 Å². The van der Waals surface area contributed by atoms with E-state index in [1.54, 1.807) is 0 Å². The quantitative estimate of drug-likeness (QED) is 0.587. The van der Waals surface area contributed by atoms with Gasteiger partial charge in [-0.15, -0.1) is 0 Å². The summed E-state index contributed by atoms with van der Waals surface area (Å²) in [6.07, 6.45) is 2.21. The number of hydrogen-bond donors (Lipinski definition) is 0.